The normalized spacial score (nSPS) is 18.0. The third-order valence-corrected chi connectivity index (χ3v) is 1.73. The first-order valence-electron chi connectivity index (χ1n) is 3.75. The molecule has 0 aliphatic carbocycles. The molecule has 3 nitrogen and oxygen atoms in total. The molecule has 11 heavy (non-hydrogen) atoms. The number of hydrogen-bond acceptors (Lipinski definition) is 1. The summed E-state index contributed by atoms with van der Waals surface area (Å²) >= 11 is 0. The number of nitrogens with zero attached hydrogens (tertiary/aromatic N) is 1. The second kappa shape index (κ2) is 3.29. The summed E-state index contributed by atoms with van der Waals surface area (Å²) in [5.74, 6) is 2.44. The lowest BCUT2D eigenvalue weighted by molar-refractivity contribution is 0.166. The van der Waals surface area contributed by atoms with Crippen LogP contribution in [0.1, 0.15) is 13.3 Å². The molecule has 1 aliphatic heterocycles. The lowest BCUT2D eigenvalue weighted by Gasteiger charge is -2.31. The molecule has 1 aliphatic rings. The molecule has 0 aromatic rings. The predicted molar refractivity (Wildman–Crippen MR) is 43.0 cm³/mol. The number of urea groups is 1. The lowest BCUT2D eigenvalue weighted by Crippen LogP contribution is -2.49. The summed E-state index contributed by atoms with van der Waals surface area (Å²) in [5, 5.41) is 2.68. The van der Waals surface area contributed by atoms with Gasteiger partial charge in [0, 0.05) is 13.1 Å². The Morgan fingerprint density at radius 3 is 2.73 bits per heavy atom. The molecule has 2 amide bonds. The van der Waals surface area contributed by atoms with Crippen LogP contribution < -0.4 is 5.32 Å². The first-order chi connectivity index (χ1) is 5.24. The zero-order valence-electron chi connectivity index (χ0n) is 6.63. The number of rotatable bonds is 1. The number of likely N-dealkylation sites (tertiary alicyclic amines) is 1. The van der Waals surface area contributed by atoms with E-state index in [2.05, 4.69) is 11.2 Å². The van der Waals surface area contributed by atoms with Crippen LogP contribution in [-0.2, 0) is 0 Å². The summed E-state index contributed by atoms with van der Waals surface area (Å²) < 4.78 is 0. The summed E-state index contributed by atoms with van der Waals surface area (Å²) in [4.78, 5) is 12.9. The van der Waals surface area contributed by atoms with Gasteiger partial charge in [0.25, 0.3) is 0 Å². The Kier molecular flexibility index (Phi) is 2.37. The van der Waals surface area contributed by atoms with Crippen LogP contribution in [0.2, 0.25) is 0 Å². The third kappa shape index (κ3) is 1.87. The largest absolute Gasteiger partial charge is 0.325 e. The first kappa shape index (κ1) is 7.93. The van der Waals surface area contributed by atoms with E-state index < -0.39 is 0 Å². The fourth-order valence-electron chi connectivity index (χ4n) is 0.837. The Labute approximate surface area is 66.8 Å². The van der Waals surface area contributed by atoms with E-state index >= 15 is 0 Å². The fraction of sp³-hybridized carbons (Fsp3) is 0.625. The molecule has 0 bridgehead atoms. The molecule has 0 aromatic heterocycles. The number of amides is 2. The zero-order valence-corrected chi connectivity index (χ0v) is 6.63. The molecule has 0 spiro atoms. The van der Waals surface area contributed by atoms with Crippen molar-refractivity contribution < 1.29 is 4.79 Å². The monoisotopic (exact) mass is 152 g/mol. The van der Waals surface area contributed by atoms with Crippen molar-refractivity contribution in [3.8, 4) is 12.3 Å². The molecule has 60 valence electrons. The predicted octanol–water partition coefficient (Wildman–Crippen LogP) is 0.423. The molecule has 1 atom stereocenters. The highest BCUT2D eigenvalue weighted by molar-refractivity contribution is 5.75. The zero-order chi connectivity index (χ0) is 8.27. The lowest BCUT2D eigenvalue weighted by atomic mass is 10.2. The standard InChI is InChI=1S/C8H12N2O/c1-3-7(2)9-8(11)10-5-4-6-10/h1,7H,4-6H2,2H3,(H,9,11). The molecular weight excluding hydrogens is 140 g/mol. The molecule has 1 rings (SSSR count). The van der Waals surface area contributed by atoms with Gasteiger partial charge in [-0.25, -0.2) is 4.79 Å². The summed E-state index contributed by atoms with van der Waals surface area (Å²) in [6.45, 7) is 3.52. The van der Waals surface area contributed by atoms with Gasteiger partial charge in [0.1, 0.15) is 0 Å². The number of hydrogen-bond donors (Lipinski definition) is 1. The second-order valence-electron chi connectivity index (χ2n) is 2.68. The highest BCUT2D eigenvalue weighted by Crippen LogP contribution is 2.05. The maximum absolute atomic E-state index is 11.1. The van der Waals surface area contributed by atoms with Gasteiger partial charge >= 0.3 is 6.03 Å². The molecule has 1 unspecified atom stereocenters. The number of carbonyl (C=O) groups is 1. The van der Waals surface area contributed by atoms with Crippen LogP contribution in [0.3, 0.4) is 0 Å². The van der Waals surface area contributed by atoms with Crippen molar-refractivity contribution in [3.05, 3.63) is 0 Å². The number of terminal acetylenes is 1. The van der Waals surface area contributed by atoms with Crippen LogP contribution in [0, 0.1) is 12.3 Å². The Balaban J connectivity index is 2.26. The minimum absolute atomic E-state index is 0.0401. The van der Waals surface area contributed by atoms with Crippen molar-refractivity contribution in [2.75, 3.05) is 13.1 Å². The Morgan fingerprint density at radius 1 is 1.73 bits per heavy atom. The summed E-state index contributed by atoms with van der Waals surface area (Å²) in [5.41, 5.74) is 0. The molecule has 1 saturated heterocycles. The van der Waals surface area contributed by atoms with E-state index in [9.17, 15) is 4.79 Å². The molecule has 1 fully saturated rings. The van der Waals surface area contributed by atoms with Gasteiger partial charge < -0.3 is 10.2 Å². The number of carbonyl (C=O) groups excluding carboxylic acids is 1. The average Bonchev–Trinajstić information content (AvgIpc) is 1.83. The van der Waals surface area contributed by atoms with E-state index in [1.807, 2.05) is 0 Å². The quantitative estimate of drug-likeness (QED) is 0.543. The van der Waals surface area contributed by atoms with Crippen LogP contribution in [0.4, 0.5) is 4.79 Å². The summed E-state index contributed by atoms with van der Waals surface area (Å²) in [6.07, 6.45) is 6.21. The van der Waals surface area contributed by atoms with Gasteiger partial charge in [0.05, 0.1) is 6.04 Å². The number of nitrogens with one attached hydrogen (secondary N) is 1. The summed E-state index contributed by atoms with van der Waals surface area (Å²) in [7, 11) is 0. The Bertz CT molecular complexity index is 191. The van der Waals surface area contributed by atoms with Crippen molar-refractivity contribution in [2.45, 2.75) is 19.4 Å². The van der Waals surface area contributed by atoms with E-state index in [1.165, 1.54) is 0 Å². The molecule has 0 radical (unpaired) electrons. The van der Waals surface area contributed by atoms with Gasteiger partial charge in [-0.05, 0) is 13.3 Å². The van der Waals surface area contributed by atoms with E-state index in [-0.39, 0.29) is 12.1 Å². The van der Waals surface area contributed by atoms with Gasteiger partial charge in [-0.2, -0.15) is 0 Å². The molecule has 1 heterocycles. The Morgan fingerprint density at radius 2 is 2.36 bits per heavy atom. The maximum atomic E-state index is 11.1. The highest BCUT2D eigenvalue weighted by atomic mass is 16.2. The van der Waals surface area contributed by atoms with Crippen molar-refractivity contribution in [1.29, 1.82) is 0 Å². The van der Waals surface area contributed by atoms with Gasteiger partial charge in [-0.1, -0.05) is 5.92 Å². The van der Waals surface area contributed by atoms with Crippen LogP contribution in [-0.4, -0.2) is 30.1 Å². The highest BCUT2D eigenvalue weighted by Gasteiger charge is 2.20. The SMILES string of the molecule is C#CC(C)NC(=O)N1CCC1. The van der Waals surface area contributed by atoms with E-state index in [1.54, 1.807) is 11.8 Å². The van der Waals surface area contributed by atoms with Gasteiger partial charge in [0.15, 0.2) is 0 Å². The minimum atomic E-state index is -0.164. The van der Waals surface area contributed by atoms with Crippen molar-refractivity contribution in [1.82, 2.24) is 10.2 Å². The van der Waals surface area contributed by atoms with Crippen LogP contribution >= 0.6 is 0 Å². The fourth-order valence-corrected chi connectivity index (χ4v) is 0.837. The van der Waals surface area contributed by atoms with Crippen LogP contribution in [0.15, 0.2) is 0 Å². The van der Waals surface area contributed by atoms with Crippen molar-refractivity contribution in [2.24, 2.45) is 0 Å². The maximum Gasteiger partial charge on any atom is 0.318 e. The van der Waals surface area contributed by atoms with Gasteiger partial charge in [-0.15, -0.1) is 6.42 Å². The van der Waals surface area contributed by atoms with Crippen molar-refractivity contribution in [3.63, 3.8) is 0 Å². The topological polar surface area (TPSA) is 32.3 Å². The smallest absolute Gasteiger partial charge is 0.318 e. The van der Waals surface area contributed by atoms with Crippen LogP contribution in [0.25, 0.3) is 0 Å². The molecule has 0 aromatic carbocycles. The molecule has 3 heteroatoms. The van der Waals surface area contributed by atoms with E-state index in [0.717, 1.165) is 19.5 Å². The molecule has 0 saturated carbocycles. The summed E-state index contributed by atoms with van der Waals surface area (Å²) in [6, 6.07) is -0.204. The molecular formula is C8H12N2O. The minimum Gasteiger partial charge on any atom is -0.325 e. The van der Waals surface area contributed by atoms with Crippen LogP contribution in [0.5, 0.6) is 0 Å². The molecule has 1 N–H and O–H groups in total. The van der Waals surface area contributed by atoms with E-state index in [4.69, 9.17) is 6.42 Å². The second-order valence-corrected chi connectivity index (χ2v) is 2.68. The van der Waals surface area contributed by atoms with E-state index in [0.29, 0.717) is 0 Å². The van der Waals surface area contributed by atoms with Gasteiger partial charge in [-0.3, -0.25) is 0 Å². The van der Waals surface area contributed by atoms with Gasteiger partial charge in [0.2, 0.25) is 0 Å². The third-order valence-electron chi connectivity index (χ3n) is 1.73. The van der Waals surface area contributed by atoms with Crippen molar-refractivity contribution >= 4 is 6.03 Å². The first-order valence-corrected chi connectivity index (χ1v) is 3.75. The Hall–Kier alpha value is -1.17. The average molecular weight is 152 g/mol.